The SMILES string of the molecule is NCc1c(OCc2ccc(F)cc2)ccc2ccccc12. The molecule has 106 valence electrons. The fraction of sp³-hybridized carbons (Fsp3) is 0.111. The summed E-state index contributed by atoms with van der Waals surface area (Å²) in [6, 6.07) is 18.4. The van der Waals surface area contributed by atoms with Gasteiger partial charge < -0.3 is 10.5 Å². The Morgan fingerprint density at radius 1 is 0.905 bits per heavy atom. The Bertz CT molecular complexity index is 753. The number of hydrogen-bond acceptors (Lipinski definition) is 2. The highest BCUT2D eigenvalue weighted by Gasteiger charge is 2.07. The molecule has 0 atom stereocenters. The van der Waals surface area contributed by atoms with Crippen LogP contribution in [0, 0.1) is 5.82 Å². The van der Waals surface area contributed by atoms with E-state index >= 15 is 0 Å². The molecule has 0 spiro atoms. The average molecular weight is 281 g/mol. The highest BCUT2D eigenvalue weighted by atomic mass is 19.1. The van der Waals surface area contributed by atoms with Gasteiger partial charge in [0.25, 0.3) is 0 Å². The van der Waals surface area contributed by atoms with Crippen LogP contribution in [0.2, 0.25) is 0 Å². The molecule has 21 heavy (non-hydrogen) atoms. The predicted molar refractivity (Wildman–Crippen MR) is 82.6 cm³/mol. The summed E-state index contributed by atoms with van der Waals surface area (Å²) < 4.78 is 18.7. The molecule has 0 aromatic heterocycles. The van der Waals surface area contributed by atoms with Crippen LogP contribution >= 0.6 is 0 Å². The van der Waals surface area contributed by atoms with E-state index in [9.17, 15) is 4.39 Å². The van der Waals surface area contributed by atoms with E-state index in [-0.39, 0.29) is 5.82 Å². The third-order valence-corrected chi connectivity index (χ3v) is 3.51. The van der Waals surface area contributed by atoms with Gasteiger partial charge in [-0.1, -0.05) is 42.5 Å². The number of ether oxygens (including phenoxy) is 1. The Morgan fingerprint density at radius 2 is 1.67 bits per heavy atom. The monoisotopic (exact) mass is 281 g/mol. The van der Waals surface area contributed by atoms with Crippen molar-refractivity contribution in [3.8, 4) is 5.75 Å². The average Bonchev–Trinajstić information content (AvgIpc) is 2.53. The highest BCUT2D eigenvalue weighted by molar-refractivity contribution is 5.87. The maximum atomic E-state index is 12.9. The summed E-state index contributed by atoms with van der Waals surface area (Å²) in [6.07, 6.45) is 0. The number of halogens is 1. The zero-order valence-corrected chi connectivity index (χ0v) is 11.6. The van der Waals surface area contributed by atoms with Crippen LogP contribution in [0.25, 0.3) is 10.8 Å². The minimum atomic E-state index is -0.243. The summed E-state index contributed by atoms with van der Waals surface area (Å²) in [5.74, 6) is 0.535. The van der Waals surface area contributed by atoms with E-state index in [0.29, 0.717) is 13.2 Å². The summed E-state index contributed by atoms with van der Waals surface area (Å²) in [5.41, 5.74) is 7.80. The second-order valence-electron chi connectivity index (χ2n) is 4.88. The molecule has 0 saturated heterocycles. The smallest absolute Gasteiger partial charge is 0.124 e. The van der Waals surface area contributed by atoms with Crippen molar-refractivity contribution < 1.29 is 9.13 Å². The van der Waals surface area contributed by atoms with Crippen LogP contribution in [-0.4, -0.2) is 0 Å². The lowest BCUT2D eigenvalue weighted by atomic mass is 10.0. The zero-order valence-electron chi connectivity index (χ0n) is 11.6. The van der Waals surface area contributed by atoms with Crippen LogP contribution in [0.4, 0.5) is 4.39 Å². The minimum absolute atomic E-state index is 0.243. The van der Waals surface area contributed by atoms with Gasteiger partial charge in [-0.3, -0.25) is 0 Å². The first-order chi connectivity index (χ1) is 10.3. The van der Waals surface area contributed by atoms with Crippen molar-refractivity contribution in [3.63, 3.8) is 0 Å². The summed E-state index contributed by atoms with van der Waals surface area (Å²) in [4.78, 5) is 0. The molecule has 2 nitrogen and oxygen atoms in total. The van der Waals surface area contributed by atoms with Gasteiger partial charge in [0.05, 0.1) is 0 Å². The number of nitrogens with two attached hydrogens (primary N) is 1. The van der Waals surface area contributed by atoms with Crippen LogP contribution in [-0.2, 0) is 13.2 Å². The second-order valence-corrected chi connectivity index (χ2v) is 4.88. The largest absolute Gasteiger partial charge is 0.489 e. The molecule has 0 fully saturated rings. The van der Waals surface area contributed by atoms with Crippen molar-refractivity contribution in [1.82, 2.24) is 0 Å². The molecule has 3 rings (SSSR count). The van der Waals surface area contributed by atoms with Gasteiger partial charge in [0.1, 0.15) is 18.2 Å². The predicted octanol–water partition coefficient (Wildman–Crippen LogP) is 4.02. The number of fused-ring (bicyclic) bond motifs is 1. The van der Waals surface area contributed by atoms with E-state index in [4.69, 9.17) is 10.5 Å². The Balaban J connectivity index is 1.88. The molecule has 0 heterocycles. The first-order valence-corrected chi connectivity index (χ1v) is 6.86. The molecule has 0 unspecified atom stereocenters. The Labute approximate surface area is 123 Å². The van der Waals surface area contributed by atoms with Gasteiger partial charge in [-0.25, -0.2) is 4.39 Å². The number of benzene rings is 3. The lowest BCUT2D eigenvalue weighted by molar-refractivity contribution is 0.303. The number of rotatable bonds is 4. The van der Waals surface area contributed by atoms with Crippen molar-refractivity contribution in [2.24, 2.45) is 5.73 Å². The first-order valence-electron chi connectivity index (χ1n) is 6.86. The van der Waals surface area contributed by atoms with Crippen molar-refractivity contribution in [2.75, 3.05) is 0 Å². The lowest BCUT2D eigenvalue weighted by Gasteiger charge is -2.13. The molecular formula is C18H16FNO. The van der Waals surface area contributed by atoms with E-state index in [1.54, 1.807) is 12.1 Å². The third kappa shape index (κ3) is 2.88. The summed E-state index contributed by atoms with van der Waals surface area (Å²) in [7, 11) is 0. The van der Waals surface area contributed by atoms with Gasteiger partial charge >= 0.3 is 0 Å². The van der Waals surface area contributed by atoms with Crippen molar-refractivity contribution in [1.29, 1.82) is 0 Å². The van der Waals surface area contributed by atoms with Gasteiger partial charge in [0, 0.05) is 12.1 Å². The van der Waals surface area contributed by atoms with Crippen LogP contribution in [0.15, 0.2) is 60.7 Å². The van der Waals surface area contributed by atoms with Crippen LogP contribution in [0.5, 0.6) is 5.75 Å². The molecule has 3 heteroatoms. The van der Waals surface area contributed by atoms with Crippen molar-refractivity contribution >= 4 is 10.8 Å². The summed E-state index contributed by atoms with van der Waals surface area (Å²) in [6.45, 7) is 0.811. The fourth-order valence-corrected chi connectivity index (χ4v) is 2.40. The molecule has 0 aliphatic carbocycles. The lowest BCUT2D eigenvalue weighted by Crippen LogP contribution is -2.03. The van der Waals surface area contributed by atoms with Crippen LogP contribution in [0.3, 0.4) is 0 Å². The van der Waals surface area contributed by atoms with Gasteiger partial charge in [0.15, 0.2) is 0 Å². The molecule has 0 radical (unpaired) electrons. The molecule has 0 bridgehead atoms. The Hall–Kier alpha value is -2.39. The maximum Gasteiger partial charge on any atom is 0.124 e. The normalized spacial score (nSPS) is 10.8. The van der Waals surface area contributed by atoms with Gasteiger partial charge in [-0.2, -0.15) is 0 Å². The van der Waals surface area contributed by atoms with Gasteiger partial charge in [-0.15, -0.1) is 0 Å². The molecule has 0 aliphatic heterocycles. The highest BCUT2D eigenvalue weighted by Crippen LogP contribution is 2.28. The van der Waals surface area contributed by atoms with Crippen LogP contribution in [0.1, 0.15) is 11.1 Å². The molecule has 0 saturated carbocycles. The quantitative estimate of drug-likeness (QED) is 0.784. The van der Waals surface area contributed by atoms with E-state index < -0.39 is 0 Å². The standard InChI is InChI=1S/C18H16FNO/c19-15-8-5-13(6-9-15)12-21-18-10-7-14-3-1-2-4-16(14)17(18)11-20/h1-10H,11-12,20H2. The van der Waals surface area contributed by atoms with E-state index in [2.05, 4.69) is 6.07 Å². The van der Waals surface area contributed by atoms with E-state index in [1.165, 1.54) is 12.1 Å². The van der Waals surface area contributed by atoms with E-state index in [0.717, 1.165) is 27.6 Å². The molecule has 3 aromatic carbocycles. The first kappa shape index (κ1) is 13.6. The third-order valence-electron chi connectivity index (χ3n) is 3.51. The Kier molecular flexibility index (Phi) is 3.84. The zero-order chi connectivity index (χ0) is 14.7. The topological polar surface area (TPSA) is 35.2 Å². The minimum Gasteiger partial charge on any atom is -0.489 e. The summed E-state index contributed by atoms with van der Waals surface area (Å²) in [5, 5.41) is 2.25. The molecule has 2 N–H and O–H groups in total. The van der Waals surface area contributed by atoms with E-state index in [1.807, 2.05) is 30.3 Å². The van der Waals surface area contributed by atoms with Gasteiger partial charge in [0.2, 0.25) is 0 Å². The van der Waals surface area contributed by atoms with Crippen LogP contribution < -0.4 is 10.5 Å². The van der Waals surface area contributed by atoms with Crippen molar-refractivity contribution in [2.45, 2.75) is 13.2 Å². The second kappa shape index (κ2) is 5.94. The van der Waals surface area contributed by atoms with Crippen molar-refractivity contribution in [3.05, 3.63) is 77.6 Å². The Morgan fingerprint density at radius 3 is 2.43 bits per heavy atom. The molecule has 0 amide bonds. The van der Waals surface area contributed by atoms with Gasteiger partial charge in [-0.05, 0) is 34.5 Å². The fourth-order valence-electron chi connectivity index (χ4n) is 2.40. The molecule has 3 aromatic rings. The molecule has 0 aliphatic rings. The number of hydrogen-bond donors (Lipinski definition) is 1. The summed E-state index contributed by atoms with van der Waals surface area (Å²) >= 11 is 0. The molecular weight excluding hydrogens is 265 g/mol. The maximum absolute atomic E-state index is 12.9.